The molecule has 1 aromatic carbocycles. The van der Waals surface area contributed by atoms with Crippen LogP contribution in [0, 0.1) is 0 Å². The van der Waals surface area contributed by atoms with Gasteiger partial charge in [-0.25, -0.2) is 0 Å². The van der Waals surface area contributed by atoms with Gasteiger partial charge in [-0.05, 0) is 24.3 Å². The van der Waals surface area contributed by atoms with E-state index >= 15 is 0 Å². The first-order valence-corrected chi connectivity index (χ1v) is 5.56. The molecule has 0 heterocycles. The van der Waals surface area contributed by atoms with Crippen molar-refractivity contribution in [1.82, 2.24) is 0 Å². The van der Waals surface area contributed by atoms with Gasteiger partial charge >= 0.3 is 0 Å². The summed E-state index contributed by atoms with van der Waals surface area (Å²) in [4.78, 5) is -1.35. The van der Waals surface area contributed by atoms with Crippen LogP contribution in [-0.2, 0) is 0 Å². The first-order valence-electron chi connectivity index (χ1n) is 3.44. The molecule has 0 aliphatic carbocycles. The van der Waals surface area contributed by atoms with Crippen LogP contribution in [0.4, 0.5) is 0 Å². The molecule has 0 amide bonds. The highest BCUT2D eigenvalue weighted by molar-refractivity contribution is 6.56. The molecule has 0 unspecified atom stereocenters. The number of aromatic hydroxyl groups is 1. The van der Waals surface area contributed by atoms with Crippen molar-refractivity contribution in [1.29, 1.82) is 0 Å². The highest BCUT2D eigenvalue weighted by Gasteiger charge is 2.06. The van der Waals surface area contributed by atoms with Crippen LogP contribution in [-0.4, -0.2) is 14.8 Å². The van der Waals surface area contributed by atoms with Crippen LogP contribution >= 0.6 is 58.0 Å². The molecule has 0 spiro atoms. The lowest BCUT2D eigenvalue weighted by Crippen LogP contribution is -1.96. The molecule has 6 heteroatoms. The van der Waals surface area contributed by atoms with E-state index < -0.39 is 9.67 Å². The Labute approximate surface area is 107 Å². The summed E-state index contributed by atoms with van der Waals surface area (Å²) in [7, 11) is 0. The fourth-order valence-corrected chi connectivity index (χ4v) is 0.567. The maximum Gasteiger partial charge on any atom is 0.137 e. The average molecular weight is 296 g/mol. The van der Waals surface area contributed by atoms with Gasteiger partial charge in [0.05, 0.1) is 0 Å². The molecule has 0 fully saturated rings. The van der Waals surface area contributed by atoms with Crippen molar-refractivity contribution >= 4 is 58.0 Å². The summed E-state index contributed by atoms with van der Waals surface area (Å²) in [5.74, 6) is 0.245. The van der Waals surface area contributed by atoms with Crippen LogP contribution in [0.2, 0.25) is 5.02 Å². The van der Waals surface area contributed by atoms with E-state index in [4.69, 9.17) is 63.1 Å². The molecular formula is C8H7Cl5O. The summed E-state index contributed by atoms with van der Waals surface area (Å²) in [5, 5.41) is 9.34. The van der Waals surface area contributed by atoms with Gasteiger partial charge in [-0.2, -0.15) is 0 Å². The van der Waals surface area contributed by atoms with Crippen molar-refractivity contribution in [2.24, 2.45) is 0 Å². The topological polar surface area (TPSA) is 20.2 Å². The minimum atomic E-state index is -0.673. The first-order chi connectivity index (χ1) is 6.43. The predicted octanol–water partition coefficient (Wildman–Crippen LogP) is 4.64. The van der Waals surface area contributed by atoms with E-state index in [2.05, 4.69) is 0 Å². The van der Waals surface area contributed by atoms with E-state index in [1.54, 1.807) is 24.3 Å². The number of alkyl halides is 4. The van der Waals surface area contributed by atoms with Gasteiger partial charge in [0.1, 0.15) is 15.4 Å². The highest BCUT2D eigenvalue weighted by Crippen LogP contribution is 2.16. The quantitative estimate of drug-likeness (QED) is 0.749. The Morgan fingerprint density at radius 2 is 1.21 bits per heavy atom. The maximum absolute atomic E-state index is 8.70. The molecule has 0 radical (unpaired) electrons. The Bertz CT molecular complexity index is 219. The van der Waals surface area contributed by atoms with E-state index in [-0.39, 0.29) is 5.75 Å². The van der Waals surface area contributed by atoms with Crippen molar-refractivity contribution in [2.45, 2.75) is 9.67 Å². The molecule has 0 bridgehead atoms. The summed E-state index contributed by atoms with van der Waals surface area (Å²) in [6.45, 7) is 0. The molecule has 1 nitrogen and oxygen atoms in total. The standard InChI is InChI=1S/C6H5ClO.C2H2Cl4/c7-5-1-3-6(8)4-2-5;3-1(4)2(5)6/h1-4,8H;1-2H. The van der Waals surface area contributed by atoms with Gasteiger partial charge < -0.3 is 5.11 Å². The Morgan fingerprint density at radius 1 is 0.857 bits per heavy atom. The summed E-state index contributed by atoms with van der Waals surface area (Å²) in [6, 6.07) is 6.36. The van der Waals surface area contributed by atoms with Crippen LogP contribution in [0.5, 0.6) is 5.75 Å². The molecule has 0 saturated heterocycles. The van der Waals surface area contributed by atoms with Crippen molar-refractivity contribution < 1.29 is 5.11 Å². The van der Waals surface area contributed by atoms with Gasteiger partial charge in [-0.3, -0.25) is 0 Å². The summed E-state index contributed by atoms with van der Waals surface area (Å²) >= 11 is 26.0. The summed E-state index contributed by atoms with van der Waals surface area (Å²) in [6.07, 6.45) is 0. The van der Waals surface area contributed by atoms with Crippen molar-refractivity contribution in [3.8, 4) is 5.75 Å². The van der Waals surface area contributed by atoms with Gasteiger partial charge in [0.25, 0.3) is 0 Å². The minimum absolute atomic E-state index is 0.245. The number of benzene rings is 1. The summed E-state index contributed by atoms with van der Waals surface area (Å²) < 4.78 is 0. The largest absolute Gasteiger partial charge is 0.508 e. The number of hydrogen-bond acceptors (Lipinski definition) is 1. The van der Waals surface area contributed by atoms with Gasteiger partial charge in [-0.15, -0.1) is 46.4 Å². The van der Waals surface area contributed by atoms with Gasteiger partial charge in [0, 0.05) is 5.02 Å². The number of phenols is 1. The molecular weight excluding hydrogens is 289 g/mol. The third-order valence-corrected chi connectivity index (χ3v) is 2.79. The number of halogens is 5. The molecule has 14 heavy (non-hydrogen) atoms. The molecule has 0 aromatic heterocycles. The second-order valence-electron chi connectivity index (χ2n) is 2.15. The lowest BCUT2D eigenvalue weighted by molar-refractivity contribution is 0.475. The first kappa shape index (κ1) is 14.5. The van der Waals surface area contributed by atoms with Gasteiger partial charge in [-0.1, -0.05) is 11.6 Å². The number of phenolic OH excluding ortho intramolecular Hbond substituents is 1. The van der Waals surface area contributed by atoms with Gasteiger partial charge in [0.15, 0.2) is 0 Å². The lowest BCUT2D eigenvalue weighted by atomic mass is 10.3. The fourth-order valence-electron chi connectivity index (χ4n) is 0.441. The zero-order valence-corrected chi connectivity index (χ0v) is 10.6. The molecule has 0 aliphatic rings. The van der Waals surface area contributed by atoms with Gasteiger partial charge in [0.2, 0.25) is 0 Å². The molecule has 0 aliphatic heterocycles. The molecule has 1 aromatic rings. The zero-order chi connectivity index (χ0) is 11.1. The van der Waals surface area contributed by atoms with Crippen LogP contribution in [0.25, 0.3) is 0 Å². The van der Waals surface area contributed by atoms with E-state index in [0.717, 1.165) is 0 Å². The van der Waals surface area contributed by atoms with E-state index in [1.165, 1.54) is 0 Å². The van der Waals surface area contributed by atoms with Crippen molar-refractivity contribution in [2.75, 3.05) is 0 Å². The second-order valence-corrected chi connectivity index (χ2v) is 4.91. The molecule has 0 atom stereocenters. The molecule has 0 saturated carbocycles. The number of rotatable bonds is 1. The third kappa shape index (κ3) is 7.84. The van der Waals surface area contributed by atoms with E-state index in [0.29, 0.717) is 5.02 Å². The fraction of sp³-hybridized carbons (Fsp3) is 0.250. The second kappa shape index (κ2) is 7.72. The predicted molar refractivity (Wildman–Crippen MR) is 64.1 cm³/mol. The SMILES string of the molecule is ClC(Cl)C(Cl)Cl.Oc1ccc(Cl)cc1. The molecule has 80 valence electrons. The number of hydrogen-bond donors (Lipinski definition) is 1. The monoisotopic (exact) mass is 294 g/mol. The van der Waals surface area contributed by atoms with Crippen LogP contribution in [0.15, 0.2) is 24.3 Å². The third-order valence-electron chi connectivity index (χ3n) is 1.02. The van der Waals surface area contributed by atoms with E-state index in [9.17, 15) is 0 Å². The maximum atomic E-state index is 8.70. The van der Waals surface area contributed by atoms with E-state index in [1.807, 2.05) is 0 Å². The Hall–Kier alpha value is 0.470. The van der Waals surface area contributed by atoms with Crippen LogP contribution in [0.3, 0.4) is 0 Å². The minimum Gasteiger partial charge on any atom is -0.508 e. The summed E-state index contributed by atoms with van der Waals surface area (Å²) in [5.41, 5.74) is 0. The lowest BCUT2D eigenvalue weighted by Gasteiger charge is -1.95. The highest BCUT2D eigenvalue weighted by atomic mass is 35.5. The molecule has 1 N–H and O–H groups in total. The normalized spacial score (nSPS) is 9.93. The van der Waals surface area contributed by atoms with Crippen molar-refractivity contribution in [3.05, 3.63) is 29.3 Å². The van der Waals surface area contributed by atoms with Crippen LogP contribution in [0.1, 0.15) is 0 Å². The Morgan fingerprint density at radius 3 is 1.43 bits per heavy atom. The Balaban J connectivity index is 0.000000255. The van der Waals surface area contributed by atoms with Crippen molar-refractivity contribution in [3.63, 3.8) is 0 Å². The average Bonchev–Trinajstić information content (AvgIpc) is 2.11. The molecule has 1 rings (SSSR count). The zero-order valence-electron chi connectivity index (χ0n) is 6.80. The van der Waals surface area contributed by atoms with Crippen LogP contribution < -0.4 is 0 Å². The smallest absolute Gasteiger partial charge is 0.137 e. The Kier molecular flexibility index (Phi) is 7.98.